The molecule has 2 rings (SSSR count). The summed E-state index contributed by atoms with van der Waals surface area (Å²) in [5, 5.41) is 0. The van der Waals surface area contributed by atoms with Crippen LogP contribution in [-0.4, -0.2) is 55.1 Å². The van der Waals surface area contributed by atoms with E-state index in [-0.39, 0.29) is 0 Å². The Morgan fingerprint density at radius 1 is 1.21 bits per heavy atom. The third-order valence-electron chi connectivity index (χ3n) is 5.55. The molecule has 4 unspecified atom stereocenters. The molecule has 0 aromatic carbocycles. The molecule has 0 bridgehead atoms. The van der Waals surface area contributed by atoms with E-state index in [0.29, 0.717) is 18.1 Å². The number of hydrogen-bond donors (Lipinski definition) is 1. The summed E-state index contributed by atoms with van der Waals surface area (Å²) in [6.45, 7) is 7.21. The van der Waals surface area contributed by atoms with Gasteiger partial charge in [0.25, 0.3) is 0 Å². The summed E-state index contributed by atoms with van der Waals surface area (Å²) in [5.74, 6) is 1.67. The van der Waals surface area contributed by atoms with Crippen LogP contribution >= 0.6 is 0 Å². The average Bonchev–Trinajstić information content (AvgIpc) is 2.38. The van der Waals surface area contributed by atoms with E-state index in [4.69, 9.17) is 5.73 Å². The molecule has 2 fully saturated rings. The molecule has 1 saturated heterocycles. The van der Waals surface area contributed by atoms with Gasteiger partial charge in [-0.1, -0.05) is 13.8 Å². The van der Waals surface area contributed by atoms with Crippen molar-refractivity contribution >= 4 is 0 Å². The zero-order valence-electron chi connectivity index (χ0n) is 13.3. The summed E-state index contributed by atoms with van der Waals surface area (Å²) in [6.07, 6.45) is 6.52. The van der Waals surface area contributed by atoms with Crippen molar-refractivity contribution in [2.45, 2.75) is 64.1 Å². The van der Waals surface area contributed by atoms with Gasteiger partial charge in [0.15, 0.2) is 0 Å². The first-order valence-electron chi connectivity index (χ1n) is 8.15. The van der Waals surface area contributed by atoms with Crippen LogP contribution in [0.5, 0.6) is 0 Å². The van der Waals surface area contributed by atoms with Crippen LogP contribution < -0.4 is 5.73 Å². The van der Waals surface area contributed by atoms with E-state index in [1.54, 1.807) is 0 Å². The lowest BCUT2D eigenvalue weighted by Gasteiger charge is -2.46. The van der Waals surface area contributed by atoms with Crippen molar-refractivity contribution in [3.8, 4) is 0 Å². The van der Waals surface area contributed by atoms with Crippen molar-refractivity contribution in [2.75, 3.05) is 27.2 Å². The van der Waals surface area contributed by atoms with Gasteiger partial charge in [-0.3, -0.25) is 4.90 Å². The molecule has 2 N–H and O–H groups in total. The van der Waals surface area contributed by atoms with Crippen LogP contribution in [0.2, 0.25) is 0 Å². The fourth-order valence-electron chi connectivity index (χ4n) is 4.02. The van der Waals surface area contributed by atoms with Gasteiger partial charge in [0, 0.05) is 24.7 Å². The lowest BCUT2D eigenvalue weighted by atomic mass is 9.76. The van der Waals surface area contributed by atoms with Gasteiger partial charge in [-0.05, 0) is 64.6 Å². The highest BCUT2D eigenvalue weighted by molar-refractivity contribution is 4.92. The predicted octanol–water partition coefficient (Wildman–Crippen LogP) is 2.16. The maximum Gasteiger partial charge on any atom is 0.0250 e. The summed E-state index contributed by atoms with van der Waals surface area (Å²) in [5.41, 5.74) is 6.43. The number of rotatable bonds is 3. The van der Waals surface area contributed by atoms with Crippen molar-refractivity contribution in [3.63, 3.8) is 0 Å². The molecule has 2 aliphatic rings. The highest BCUT2D eigenvalue weighted by atomic mass is 15.2. The fraction of sp³-hybridized carbons (Fsp3) is 1.00. The molecular formula is C16H33N3. The van der Waals surface area contributed by atoms with Gasteiger partial charge < -0.3 is 10.6 Å². The third kappa shape index (κ3) is 3.71. The summed E-state index contributed by atoms with van der Waals surface area (Å²) >= 11 is 0. The SMILES string of the molecule is CC(C)C1CCC(N)C(N(C)C2CCCN(C)C2)C1. The Kier molecular flexibility index (Phi) is 5.27. The van der Waals surface area contributed by atoms with E-state index in [0.717, 1.165) is 11.8 Å². The summed E-state index contributed by atoms with van der Waals surface area (Å²) in [4.78, 5) is 5.09. The molecule has 1 saturated carbocycles. The van der Waals surface area contributed by atoms with Gasteiger partial charge in [0.2, 0.25) is 0 Å². The molecule has 1 aliphatic heterocycles. The van der Waals surface area contributed by atoms with Crippen LogP contribution in [0.3, 0.4) is 0 Å². The zero-order valence-corrected chi connectivity index (χ0v) is 13.3. The fourth-order valence-corrected chi connectivity index (χ4v) is 4.02. The first-order valence-corrected chi connectivity index (χ1v) is 8.15. The summed E-state index contributed by atoms with van der Waals surface area (Å²) in [6, 6.07) is 1.69. The molecule has 0 spiro atoms. The van der Waals surface area contributed by atoms with Crippen molar-refractivity contribution in [1.82, 2.24) is 9.80 Å². The molecule has 19 heavy (non-hydrogen) atoms. The van der Waals surface area contributed by atoms with Crippen LogP contribution in [-0.2, 0) is 0 Å². The molecule has 0 aromatic heterocycles. The minimum atomic E-state index is 0.382. The van der Waals surface area contributed by atoms with Crippen LogP contribution in [0.4, 0.5) is 0 Å². The molecule has 1 heterocycles. The second-order valence-electron chi connectivity index (χ2n) is 7.27. The van der Waals surface area contributed by atoms with E-state index >= 15 is 0 Å². The Bertz CT molecular complexity index is 279. The minimum Gasteiger partial charge on any atom is -0.326 e. The van der Waals surface area contributed by atoms with E-state index in [1.807, 2.05) is 0 Å². The monoisotopic (exact) mass is 267 g/mol. The van der Waals surface area contributed by atoms with Gasteiger partial charge in [-0.25, -0.2) is 0 Å². The molecule has 112 valence electrons. The maximum absolute atomic E-state index is 6.43. The van der Waals surface area contributed by atoms with Crippen LogP contribution in [0.1, 0.15) is 46.0 Å². The smallest absolute Gasteiger partial charge is 0.0250 e. The highest BCUT2D eigenvalue weighted by Crippen LogP contribution is 2.33. The number of likely N-dealkylation sites (N-methyl/N-ethyl adjacent to an activating group) is 2. The van der Waals surface area contributed by atoms with Crippen LogP contribution in [0, 0.1) is 11.8 Å². The van der Waals surface area contributed by atoms with Gasteiger partial charge in [0.05, 0.1) is 0 Å². The molecule has 0 radical (unpaired) electrons. The molecule has 0 aromatic rings. The predicted molar refractivity (Wildman–Crippen MR) is 82.2 cm³/mol. The Morgan fingerprint density at radius 3 is 2.58 bits per heavy atom. The number of nitrogens with zero attached hydrogens (tertiary/aromatic N) is 2. The molecule has 0 amide bonds. The summed E-state index contributed by atoms with van der Waals surface area (Å²) in [7, 11) is 4.56. The van der Waals surface area contributed by atoms with Crippen molar-refractivity contribution in [2.24, 2.45) is 17.6 Å². The molecule has 1 aliphatic carbocycles. The van der Waals surface area contributed by atoms with Gasteiger partial charge in [0.1, 0.15) is 0 Å². The third-order valence-corrected chi connectivity index (χ3v) is 5.55. The standard InChI is InChI=1S/C16H33N3/c1-12(2)13-7-8-15(17)16(10-13)19(4)14-6-5-9-18(3)11-14/h12-16H,5-11,17H2,1-4H3. The first kappa shape index (κ1) is 15.3. The van der Waals surface area contributed by atoms with Gasteiger partial charge >= 0.3 is 0 Å². The normalized spacial score (nSPS) is 38.1. The summed E-state index contributed by atoms with van der Waals surface area (Å²) < 4.78 is 0. The minimum absolute atomic E-state index is 0.382. The largest absolute Gasteiger partial charge is 0.326 e. The van der Waals surface area contributed by atoms with Crippen molar-refractivity contribution in [3.05, 3.63) is 0 Å². The highest BCUT2D eigenvalue weighted by Gasteiger charge is 2.35. The number of likely N-dealkylation sites (tertiary alicyclic amines) is 1. The molecule has 4 atom stereocenters. The number of piperidine rings is 1. The van der Waals surface area contributed by atoms with E-state index < -0.39 is 0 Å². The number of nitrogens with two attached hydrogens (primary N) is 1. The van der Waals surface area contributed by atoms with Gasteiger partial charge in [-0.15, -0.1) is 0 Å². The lowest BCUT2D eigenvalue weighted by Crippen LogP contribution is -2.56. The van der Waals surface area contributed by atoms with Crippen LogP contribution in [0.25, 0.3) is 0 Å². The zero-order chi connectivity index (χ0) is 14.0. The topological polar surface area (TPSA) is 32.5 Å². The van der Waals surface area contributed by atoms with E-state index in [9.17, 15) is 0 Å². The quantitative estimate of drug-likeness (QED) is 0.850. The molecular weight excluding hydrogens is 234 g/mol. The average molecular weight is 267 g/mol. The van der Waals surface area contributed by atoms with E-state index in [2.05, 4.69) is 37.7 Å². The Labute approximate surface area is 119 Å². The Balaban J connectivity index is 1.97. The lowest BCUT2D eigenvalue weighted by molar-refractivity contribution is 0.0510. The van der Waals surface area contributed by atoms with Crippen molar-refractivity contribution in [1.29, 1.82) is 0 Å². The first-order chi connectivity index (χ1) is 8.99. The van der Waals surface area contributed by atoms with Crippen molar-refractivity contribution < 1.29 is 0 Å². The maximum atomic E-state index is 6.43. The number of hydrogen-bond acceptors (Lipinski definition) is 3. The second kappa shape index (κ2) is 6.55. The van der Waals surface area contributed by atoms with Crippen LogP contribution in [0.15, 0.2) is 0 Å². The molecule has 3 nitrogen and oxygen atoms in total. The second-order valence-corrected chi connectivity index (χ2v) is 7.27. The van der Waals surface area contributed by atoms with E-state index in [1.165, 1.54) is 45.2 Å². The molecule has 3 heteroatoms. The Morgan fingerprint density at radius 2 is 1.95 bits per heavy atom. The van der Waals surface area contributed by atoms with Gasteiger partial charge in [-0.2, -0.15) is 0 Å². The Hall–Kier alpha value is -0.120.